The molecule has 0 atom stereocenters. The molecule has 1 heterocycles. The average molecular weight is 370 g/mol. The van der Waals surface area contributed by atoms with Gasteiger partial charge in [0.2, 0.25) is 10.0 Å². The number of carbonyl (C=O) groups is 1. The van der Waals surface area contributed by atoms with Crippen LogP contribution in [-0.2, 0) is 10.0 Å². The number of carbonyl (C=O) groups excluding carboxylic acids is 1. The highest BCUT2D eigenvalue weighted by atomic mass is 32.2. The van der Waals surface area contributed by atoms with Crippen molar-refractivity contribution < 1.29 is 13.2 Å². The highest BCUT2D eigenvalue weighted by Crippen LogP contribution is 2.19. The SMILES string of the molecule is CC(=O)c1ccc(N2CCN(S(=O)(=O)C=Cc3ccccc3)CC2)cc1. The Hall–Kier alpha value is -2.44. The minimum atomic E-state index is -3.42. The van der Waals surface area contributed by atoms with E-state index in [0.29, 0.717) is 31.7 Å². The fourth-order valence-corrected chi connectivity index (χ4v) is 4.10. The quantitative estimate of drug-likeness (QED) is 0.759. The number of anilines is 1. The molecule has 0 saturated carbocycles. The minimum absolute atomic E-state index is 0.0395. The van der Waals surface area contributed by atoms with Gasteiger partial charge in [-0.05, 0) is 42.8 Å². The number of Topliss-reactive ketones (excluding diaryl/α,β-unsaturated/α-hetero) is 1. The van der Waals surface area contributed by atoms with Gasteiger partial charge in [0.05, 0.1) is 0 Å². The molecule has 0 N–H and O–H groups in total. The van der Waals surface area contributed by atoms with E-state index < -0.39 is 10.0 Å². The molecule has 0 radical (unpaired) electrons. The number of ketones is 1. The Labute approximate surface area is 154 Å². The van der Waals surface area contributed by atoms with Crippen LogP contribution in [0.2, 0.25) is 0 Å². The zero-order valence-corrected chi connectivity index (χ0v) is 15.5. The van der Waals surface area contributed by atoms with Crippen molar-refractivity contribution in [2.24, 2.45) is 0 Å². The standard InChI is InChI=1S/C20H22N2O3S/c1-17(23)19-7-9-20(10-8-19)21-12-14-22(15-13-21)26(24,25)16-11-18-5-3-2-4-6-18/h2-11,16H,12-15H2,1H3. The summed E-state index contributed by atoms with van der Waals surface area (Å²) in [7, 11) is -3.42. The second kappa shape index (κ2) is 7.85. The molecule has 1 saturated heterocycles. The maximum Gasteiger partial charge on any atom is 0.236 e. The number of sulfonamides is 1. The van der Waals surface area contributed by atoms with Gasteiger partial charge in [-0.2, -0.15) is 4.31 Å². The normalized spacial score (nSPS) is 16.1. The summed E-state index contributed by atoms with van der Waals surface area (Å²) in [6.45, 7) is 3.67. The van der Waals surface area contributed by atoms with Crippen LogP contribution in [0.5, 0.6) is 0 Å². The lowest BCUT2D eigenvalue weighted by atomic mass is 10.1. The van der Waals surface area contributed by atoms with Gasteiger partial charge in [0.15, 0.2) is 5.78 Å². The summed E-state index contributed by atoms with van der Waals surface area (Å²) in [6.07, 6.45) is 1.63. The molecule has 0 spiro atoms. The van der Waals surface area contributed by atoms with E-state index in [0.717, 1.165) is 11.3 Å². The van der Waals surface area contributed by atoms with Gasteiger partial charge in [-0.3, -0.25) is 4.79 Å². The minimum Gasteiger partial charge on any atom is -0.369 e. The first-order valence-corrected chi connectivity index (χ1v) is 10.1. The Morgan fingerprint density at radius 3 is 2.12 bits per heavy atom. The molecule has 0 unspecified atom stereocenters. The van der Waals surface area contributed by atoms with Gasteiger partial charge in [0, 0.05) is 42.8 Å². The predicted molar refractivity (Wildman–Crippen MR) is 105 cm³/mol. The Balaban J connectivity index is 1.62. The van der Waals surface area contributed by atoms with Crippen molar-refractivity contribution in [3.8, 4) is 0 Å². The zero-order chi connectivity index (χ0) is 18.6. The number of piperazine rings is 1. The van der Waals surface area contributed by atoms with Crippen LogP contribution in [0.3, 0.4) is 0 Å². The monoisotopic (exact) mass is 370 g/mol. The second-order valence-corrected chi connectivity index (χ2v) is 8.07. The molecule has 0 aromatic heterocycles. The summed E-state index contributed by atoms with van der Waals surface area (Å²) in [6, 6.07) is 16.8. The molecule has 3 rings (SSSR count). The maximum absolute atomic E-state index is 12.5. The first kappa shape index (κ1) is 18.4. The summed E-state index contributed by atoms with van der Waals surface area (Å²) in [5, 5.41) is 1.28. The van der Waals surface area contributed by atoms with E-state index in [1.165, 1.54) is 9.71 Å². The first-order valence-electron chi connectivity index (χ1n) is 8.55. The van der Waals surface area contributed by atoms with Gasteiger partial charge in [-0.15, -0.1) is 0 Å². The van der Waals surface area contributed by atoms with Crippen molar-refractivity contribution in [1.82, 2.24) is 4.31 Å². The number of rotatable bonds is 5. The Kier molecular flexibility index (Phi) is 5.54. The molecule has 1 aliphatic rings. The average Bonchev–Trinajstić information content (AvgIpc) is 2.67. The molecule has 5 nitrogen and oxygen atoms in total. The molecule has 136 valence electrons. The van der Waals surface area contributed by atoms with Crippen LogP contribution in [0.1, 0.15) is 22.8 Å². The lowest BCUT2D eigenvalue weighted by Crippen LogP contribution is -2.48. The van der Waals surface area contributed by atoms with E-state index in [2.05, 4.69) is 4.90 Å². The van der Waals surface area contributed by atoms with E-state index in [9.17, 15) is 13.2 Å². The number of hydrogen-bond acceptors (Lipinski definition) is 4. The molecule has 0 aliphatic carbocycles. The fraction of sp³-hybridized carbons (Fsp3) is 0.250. The third-order valence-corrected chi connectivity index (χ3v) is 6.03. The summed E-state index contributed by atoms with van der Waals surface area (Å²) < 4.78 is 26.5. The Morgan fingerprint density at radius 1 is 0.923 bits per heavy atom. The third kappa shape index (κ3) is 4.39. The number of nitrogens with zero attached hydrogens (tertiary/aromatic N) is 2. The molecule has 2 aromatic rings. The summed E-state index contributed by atoms with van der Waals surface area (Å²) in [4.78, 5) is 13.5. The summed E-state index contributed by atoms with van der Waals surface area (Å²) in [5.41, 5.74) is 2.55. The van der Waals surface area contributed by atoms with Gasteiger partial charge in [0.1, 0.15) is 0 Å². The van der Waals surface area contributed by atoms with Crippen LogP contribution in [0.15, 0.2) is 60.0 Å². The van der Waals surface area contributed by atoms with Crippen molar-refractivity contribution in [3.63, 3.8) is 0 Å². The van der Waals surface area contributed by atoms with Gasteiger partial charge in [-0.1, -0.05) is 30.3 Å². The van der Waals surface area contributed by atoms with Gasteiger partial charge in [0.25, 0.3) is 0 Å². The Morgan fingerprint density at radius 2 is 1.54 bits per heavy atom. The van der Waals surface area contributed by atoms with E-state index >= 15 is 0 Å². The van der Waals surface area contributed by atoms with Gasteiger partial charge >= 0.3 is 0 Å². The molecule has 1 fully saturated rings. The summed E-state index contributed by atoms with van der Waals surface area (Å²) >= 11 is 0. The van der Waals surface area contributed by atoms with Crippen molar-refractivity contribution in [1.29, 1.82) is 0 Å². The number of benzene rings is 2. The van der Waals surface area contributed by atoms with Gasteiger partial charge < -0.3 is 4.90 Å². The molecule has 6 heteroatoms. The molecule has 1 aliphatic heterocycles. The number of hydrogen-bond donors (Lipinski definition) is 0. The van der Waals surface area contributed by atoms with Crippen LogP contribution in [0.25, 0.3) is 6.08 Å². The second-order valence-electron chi connectivity index (χ2n) is 6.25. The predicted octanol–water partition coefficient (Wildman–Crippen LogP) is 3.01. The van der Waals surface area contributed by atoms with Crippen molar-refractivity contribution in [2.75, 3.05) is 31.1 Å². The van der Waals surface area contributed by atoms with Crippen LogP contribution in [-0.4, -0.2) is 44.7 Å². The summed E-state index contributed by atoms with van der Waals surface area (Å²) in [5.74, 6) is 0.0395. The topological polar surface area (TPSA) is 57.7 Å². The van der Waals surface area contributed by atoms with Crippen LogP contribution in [0.4, 0.5) is 5.69 Å². The lowest BCUT2D eigenvalue weighted by molar-refractivity contribution is 0.101. The zero-order valence-electron chi connectivity index (χ0n) is 14.7. The first-order chi connectivity index (χ1) is 12.5. The molecular weight excluding hydrogens is 348 g/mol. The van der Waals surface area contributed by atoms with E-state index in [1.54, 1.807) is 13.0 Å². The van der Waals surface area contributed by atoms with Crippen molar-refractivity contribution >= 4 is 27.6 Å². The smallest absolute Gasteiger partial charge is 0.236 e. The maximum atomic E-state index is 12.5. The highest BCUT2D eigenvalue weighted by Gasteiger charge is 2.25. The molecule has 0 amide bonds. The van der Waals surface area contributed by atoms with E-state index in [4.69, 9.17) is 0 Å². The molecular formula is C20H22N2O3S. The molecule has 26 heavy (non-hydrogen) atoms. The van der Waals surface area contributed by atoms with Crippen LogP contribution in [0, 0.1) is 0 Å². The fourth-order valence-electron chi connectivity index (χ4n) is 2.92. The van der Waals surface area contributed by atoms with Crippen LogP contribution < -0.4 is 4.90 Å². The molecule has 2 aromatic carbocycles. The third-order valence-electron chi connectivity index (χ3n) is 4.47. The van der Waals surface area contributed by atoms with Crippen LogP contribution >= 0.6 is 0 Å². The largest absolute Gasteiger partial charge is 0.369 e. The lowest BCUT2D eigenvalue weighted by Gasteiger charge is -2.34. The molecule has 0 bridgehead atoms. The van der Waals surface area contributed by atoms with Gasteiger partial charge in [-0.25, -0.2) is 8.42 Å². The highest BCUT2D eigenvalue weighted by molar-refractivity contribution is 7.92. The van der Waals surface area contributed by atoms with Crippen molar-refractivity contribution in [2.45, 2.75) is 6.92 Å². The Bertz CT molecular complexity index is 882. The van der Waals surface area contributed by atoms with E-state index in [1.807, 2.05) is 54.6 Å². The van der Waals surface area contributed by atoms with E-state index in [-0.39, 0.29) is 5.78 Å². The van der Waals surface area contributed by atoms with Crippen molar-refractivity contribution in [3.05, 3.63) is 71.1 Å².